The number of pyridine rings is 1. The van der Waals surface area contributed by atoms with Gasteiger partial charge in [-0.3, -0.25) is 4.79 Å². The number of ether oxygens (including phenoxy) is 3. The van der Waals surface area contributed by atoms with Gasteiger partial charge < -0.3 is 24.6 Å². The number of anilines is 1. The van der Waals surface area contributed by atoms with Gasteiger partial charge in [-0.2, -0.15) is 13.2 Å². The fraction of sp³-hybridized carbons (Fsp3) is 0.240. The molecule has 8 nitrogen and oxygen atoms in total. The number of carbonyl (C=O) groups excluding carboxylic acids is 1. The standard InChI is InChI=1S/C25H20F4N2O6/c1-35-22-9-15(6-7-30-22)31-24(34)17-10-18(25(27,28)29)16(13-2-3-13)11-20(17)37-19-5-4-14(26)8-21(19)36-12-23(32)33/h4-11,13H,2-3,12H2,1H3,(H,32,33)(H,30,31,34). The zero-order valence-electron chi connectivity index (χ0n) is 19.3. The summed E-state index contributed by atoms with van der Waals surface area (Å²) in [5.41, 5.74) is -1.27. The first kappa shape index (κ1) is 25.7. The maximum Gasteiger partial charge on any atom is 0.416 e. The largest absolute Gasteiger partial charge is 0.481 e. The minimum atomic E-state index is -4.74. The second-order valence-electron chi connectivity index (χ2n) is 8.12. The van der Waals surface area contributed by atoms with Gasteiger partial charge in [-0.1, -0.05) is 0 Å². The van der Waals surface area contributed by atoms with Crippen LogP contribution in [0.4, 0.5) is 23.2 Å². The van der Waals surface area contributed by atoms with E-state index in [4.69, 9.17) is 19.3 Å². The summed E-state index contributed by atoms with van der Waals surface area (Å²) in [4.78, 5) is 28.0. The molecule has 1 aliphatic rings. The average molecular weight is 520 g/mol. The van der Waals surface area contributed by atoms with Crippen molar-refractivity contribution in [2.75, 3.05) is 19.0 Å². The number of halogens is 4. The lowest BCUT2D eigenvalue weighted by atomic mass is 9.98. The average Bonchev–Trinajstić information content (AvgIpc) is 3.68. The van der Waals surface area contributed by atoms with Gasteiger partial charge in [-0.15, -0.1) is 0 Å². The Morgan fingerprint density at radius 3 is 2.49 bits per heavy atom. The molecule has 1 heterocycles. The van der Waals surface area contributed by atoms with E-state index in [2.05, 4.69) is 10.3 Å². The topological polar surface area (TPSA) is 107 Å². The van der Waals surface area contributed by atoms with Crippen LogP contribution in [0.15, 0.2) is 48.7 Å². The number of nitrogens with one attached hydrogen (secondary N) is 1. The van der Waals surface area contributed by atoms with E-state index in [-0.39, 0.29) is 40.3 Å². The molecule has 0 spiro atoms. The third kappa shape index (κ3) is 6.26. The molecule has 1 fully saturated rings. The van der Waals surface area contributed by atoms with Crippen molar-refractivity contribution in [1.82, 2.24) is 4.98 Å². The van der Waals surface area contributed by atoms with Crippen molar-refractivity contribution >= 4 is 17.6 Å². The molecule has 37 heavy (non-hydrogen) atoms. The summed E-state index contributed by atoms with van der Waals surface area (Å²) in [6.07, 6.45) is -2.33. The first-order valence-corrected chi connectivity index (χ1v) is 10.9. The number of hydrogen-bond donors (Lipinski definition) is 2. The lowest BCUT2D eigenvalue weighted by Gasteiger charge is -2.19. The minimum absolute atomic E-state index is 0.0419. The highest BCUT2D eigenvalue weighted by Crippen LogP contribution is 2.48. The van der Waals surface area contributed by atoms with E-state index in [9.17, 15) is 27.2 Å². The van der Waals surface area contributed by atoms with Crippen molar-refractivity contribution in [3.63, 3.8) is 0 Å². The molecule has 12 heteroatoms. The number of hydrogen-bond acceptors (Lipinski definition) is 6. The quantitative estimate of drug-likeness (QED) is 0.352. The Morgan fingerprint density at radius 2 is 1.84 bits per heavy atom. The van der Waals surface area contributed by atoms with Gasteiger partial charge in [-0.05, 0) is 54.7 Å². The molecule has 0 saturated heterocycles. The van der Waals surface area contributed by atoms with Gasteiger partial charge in [0.1, 0.15) is 11.6 Å². The van der Waals surface area contributed by atoms with Gasteiger partial charge in [0.25, 0.3) is 5.91 Å². The van der Waals surface area contributed by atoms with E-state index in [1.807, 2.05) is 0 Å². The van der Waals surface area contributed by atoms with Crippen molar-refractivity contribution in [2.45, 2.75) is 24.9 Å². The van der Waals surface area contributed by atoms with Crippen LogP contribution >= 0.6 is 0 Å². The number of carbonyl (C=O) groups is 2. The molecule has 0 atom stereocenters. The number of alkyl halides is 3. The molecule has 1 aliphatic carbocycles. The molecule has 4 rings (SSSR count). The first-order valence-electron chi connectivity index (χ1n) is 10.9. The maximum atomic E-state index is 13.9. The summed E-state index contributed by atoms with van der Waals surface area (Å²) in [6.45, 7) is -0.822. The summed E-state index contributed by atoms with van der Waals surface area (Å²) >= 11 is 0. The van der Waals surface area contributed by atoms with Crippen molar-refractivity contribution in [3.8, 4) is 23.1 Å². The molecule has 1 saturated carbocycles. The number of aromatic nitrogens is 1. The Labute approximate surface area is 207 Å². The Hall–Kier alpha value is -4.35. The van der Waals surface area contributed by atoms with E-state index in [1.54, 1.807) is 0 Å². The van der Waals surface area contributed by atoms with E-state index in [1.165, 1.54) is 25.4 Å². The molecule has 0 aliphatic heterocycles. The van der Waals surface area contributed by atoms with Gasteiger partial charge in [0.15, 0.2) is 18.1 Å². The fourth-order valence-electron chi connectivity index (χ4n) is 3.57. The SMILES string of the molecule is COc1cc(NC(=O)c2cc(C(F)(F)F)c(C3CC3)cc2Oc2ccc(F)cc2OCC(=O)O)ccn1. The van der Waals surface area contributed by atoms with Crippen LogP contribution in [0.1, 0.15) is 40.2 Å². The molecule has 0 unspecified atom stereocenters. The molecule has 3 aromatic rings. The highest BCUT2D eigenvalue weighted by atomic mass is 19.4. The van der Waals surface area contributed by atoms with E-state index >= 15 is 0 Å². The number of carboxylic acids is 1. The zero-order valence-corrected chi connectivity index (χ0v) is 19.3. The maximum absolute atomic E-state index is 13.9. The van der Waals surface area contributed by atoms with Crippen molar-refractivity contribution in [3.05, 3.63) is 71.2 Å². The summed E-state index contributed by atoms with van der Waals surface area (Å²) in [5.74, 6) is -3.97. The van der Waals surface area contributed by atoms with Crippen molar-refractivity contribution < 1.29 is 46.5 Å². The van der Waals surface area contributed by atoms with Crippen LogP contribution in [-0.2, 0) is 11.0 Å². The first-order chi connectivity index (χ1) is 17.5. The highest BCUT2D eigenvalue weighted by Gasteiger charge is 2.40. The Morgan fingerprint density at radius 1 is 1.08 bits per heavy atom. The second-order valence-corrected chi connectivity index (χ2v) is 8.12. The van der Waals surface area contributed by atoms with Crippen LogP contribution in [0.25, 0.3) is 0 Å². The zero-order chi connectivity index (χ0) is 26.7. The normalized spacial score (nSPS) is 13.1. The highest BCUT2D eigenvalue weighted by molar-refractivity contribution is 6.06. The Bertz CT molecular complexity index is 1340. The summed E-state index contributed by atoms with van der Waals surface area (Å²) < 4.78 is 71.4. The number of carboxylic acid groups (broad SMARTS) is 1. The van der Waals surface area contributed by atoms with Crippen LogP contribution in [0.3, 0.4) is 0 Å². The molecular formula is C25H20F4N2O6. The van der Waals surface area contributed by atoms with Crippen LogP contribution < -0.4 is 19.5 Å². The van der Waals surface area contributed by atoms with Crippen LogP contribution in [0.2, 0.25) is 0 Å². The monoisotopic (exact) mass is 520 g/mol. The van der Waals surface area contributed by atoms with E-state index in [0.717, 1.165) is 24.3 Å². The third-order valence-electron chi connectivity index (χ3n) is 5.40. The Kier molecular flexibility index (Phi) is 7.18. The molecular weight excluding hydrogens is 500 g/mol. The van der Waals surface area contributed by atoms with Crippen LogP contribution in [0.5, 0.6) is 23.1 Å². The molecule has 194 valence electrons. The lowest BCUT2D eigenvalue weighted by Crippen LogP contribution is -2.17. The second kappa shape index (κ2) is 10.3. The van der Waals surface area contributed by atoms with Gasteiger partial charge in [0.2, 0.25) is 5.88 Å². The summed E-state index contributed by atoms with van der Waals surface area (Å²) in [5, 5.41) is 11.4. The minimum Gasteiger partial charge on any atom is -0.481 e. The van der Waals surface area contributed by atoms with Gasteiger partial charge >= 0.3 is 12.1 Å². The molecule has 1 aromatic heterocycles. The number of nitrogens with zero attached hydrogens (tertiary/aromatic N) is 1. The van der Waals surface area contributed by atoms with E-state index in [0.29, 0.717) is 18.9 Å². The van der Waals surface area contributed by atoms with Crippen molar-refractivity contribution in [2.24, 2.45) is 0 Å². The molecule has 2 aromatic carbocycles. The predicted molar refractivity (Wildman–Crippen MR) is 122 cm³/mol. The summed E-state index contributed by atoms with van der Waals surface area (Å²) in [7, 11) is 1.36. The molecule has 1 amide bonds. The van der Waals surface area contributed by atoms with E-state index < -0.39 is 41.6 Å². The molecule has 0 bridgehead atoms. The third-order valence-corrected chi connectivity index (χ3v) is 5.40. The van der Waals surface area contributed by atoms with Gasteiger partial charge in [0, 0.05) is 24.0 Å². The number of benzene rings is 2. The molecule has 2 N–H and O–H groups in total. The predicted octanol–water partition coefficient (Wildman–Crippen LogP) is 5.63. The van der Waals surface area contributed by atoms with Gasteiger partial charge in [0.05, 0.1) is 18.2 Å². The smallest absolute Gasteiger partial charge is 0.416 e. The lowest BCUT2D eigenvalue weighted by molar-refractivity contribution is -0.139. The number of amides is 1. The van der Waals surface area contributed by atoms with Gasteiger partial charge in [-0.25, -0.2) is 14.2 Å². The van der Waals surface area contributed by atoms with Crippen molar-refractivity contribution in [1.29, 1.82) is 0 Å². The van der Waals surface area contributed by atoms with Crippen LogP contribution in [-0.4, -0.2) is 35.7 Å². The number of rotatable bonds is 9. The Balaban J connectivity index is 1.78. The number of aliphatic carboxylic acids is 1. The van der Waals surface area contributed by atoms with Crippen LogP contribution in [0, 0.1) is 5.82 Å². The number of methoxy groups -OCH3 is 1. The molecule has 0 radical (unpaired) electrons. The fourth-order valence-corrected chi connectivity index (χ4v) is 3.57. The summed E-state index contributed by atoms with van der Waals surface area (Å²) in [6, 6.07) is 7.62.